The van der Waals surface area contributed by atoms with E-state index < -0.39 is 0 Å². The van der Waals surface area contributed by atoms with E-state index in [-0.39, 0.29) is 10.6 Å². The number of hydrogen-bond acceptors (Lipinski definition) is 5. The molecule has 1 saturated heterocycles. The lowest BCUT2D eigenvalue weighted by molar-refractivity contribution is -0.384. The Labute approximate surface area is 125 Å². The van der Waals surface area contributed by atoms with Crippen molar-refractivity contribution in [3.05, 3.63) is 28.3 Å². The SMILES string of the molecule is CCCOc1cc(N2CCCC2CNC)cc([N+](=O)[O-])c1. The number of likely N-dealkylation sites (N-methyl/N-ethyl adjacent to an activating group) is 1. The first kappa shape index (κ1) is 15.6. The first-order valence-corrected chi connectivity index (χ1v) is 7.49. The average Bonchev–Trinajstić information content (AvgIpc) is 2.93. The van der Waals surface area contributed by atoms with Gasteiger partial charge in [-0.15, -0.1) is 0 Å². The molecule has 2 rings (SSSR count). The topological polar surface area (TPSA) is 67.6 Å². The Morgan fingerprint density at radius 1 is 1.48 bits per heavy atom. The van der Waals surface area contributed by atoms with Crippen molar-refractivity contribution < 1.29 is 9.66 Å². The molecule has 6 nitrogen and oxygen atoms in total. The molecule has 0 radical (unpaired) electrons. The molecule has 116 valence electrons. The number of hydrogen-bond donors (Lipinski definition) is 1. The van der Waals surface area contributed by atoms with Gasteiger partial charge in [-0.2, -0.15) is 0 Å². The minimum atomic E-state index is -0.356. The molecule has 1 N–H and O–H groups in total. The molecule has 1 atom stereocenters. The molecule has 0 saturated carbocycles. The molecule has 0 amide bonds. The maximum atomic E-state index is 11.1. The maximum Gasteiger partial charge on any atom is 0.275 e. The zero-order valence-corrected chi connectivity index (χ0v) is 12.7. The van der Waals surface area contributed by atoms with Gasteiger partial charge in [0.05, 0.1) is 17.6 Å². The standard InChI is InChI=1S/C15H23N3O3/c1-3-7-21-15-9-13(8-14(10-15)18(19)20)17-6-4-5-12(17)11-16-2/h8-10,12,16H,3-7,11H2,1-2H3. The highest BCUT2D eigenvalue weighted by atomic mass is 16.6. The van der Waals surface area contributed by atoms with Gasteiger partial charge in [0.25, 0.3) is 5.69 Å². The van der Waals surface area contributed by atoms with Gasteiger partial charge in [-0.25, -0.2) is 0 Å². The van der Waals surface area contributed by atoms with Crippen LogP contribution >= 0.6 is 0 Å². The number of nitro benzene ring substituents is 1. The van der Waals surface area contributed by atoms with Crippen molar-refractivity contribution in [2.24, 2.45) is 0 Å². The lowest BCUT2D eigenvalue weighted by Gasteiger charge is -2.27. The van der Waals surface area contributed by atoms with Crippen LogP contribution in [0.3, 0.4) is 0 Å². The van der Waals surface area contributed by atoms with Gasteiger partial charge in [0.15, 0.2) is 0 Å². The van der Waals surface area contributed by atoms with E-state index in [1.165, 1.54) is 6.07 Å². The third-order valence-corrected chi connectivity index (χ3v) is 3.71. The van der Waals surface area contributed by atoms with Crippen LogP contribution in [0.25, 0.3) is 0 Å². The summed E-state index contributed by atoms with van der Waals surface area (Å²) < 4.78 is 5.59. The summed E-state index contributed by atoms with van der Waals surface area (Å²) in [4.78, 5) is 13.0. The summed E-state index contributed by atoms with van der Waals surface area (Å²) in [5.74, 6) is 0.580. The normalized spacial score (nSPS) is 18.0. The van der Waals surface area contributed by atoms with Gasteiger partial charge in [-0.1, -0.05) is 6.92 Å². The highest BCUT2D eigenvalue weighted by molar-refractivity contribution is 5.59. The lowest BCUT2D eigenvalue weighted by atomic mass is 10.2. The number of benzene rings is 1. The molecule has 1 unspecified atom stereocenters. The number of nitrogens with one attached hydrogen (secondary N) is 1. The quantitative estimate of drug-likeness (QED) is 0.618. The van der Waals surface area contributed by atoms with E-state index in [2.05, 4.69) is 10.2 Å². The van der Waals surface area contributed by atoms with E-state index >= 15 is 0 Å². The van der Waals surface area contributed by atoms with Gasteiger partial charge in [0.2, 0.25) is 0 Å². The Morgan fingerprint density at radius 3 is 2.95 bits per heavy atom. The van der Waals surface area contributed by atoms with Crippen molar-refractivity contribution in [1.29, 1.82) is 0 Å². The molecule has 1 fully saturated rings. The molecule has 6 heteroatoms. The van der Waals surface area contributed by atoms with Gasteiger partial charge in [0.1, 0.15) is 5.75 Å². The third-order valence-electron chi connectivity index (χ3n) is 3.71. The van der Waals surface area contributed by atoms with Crippen molar-refractivity contribution in [3.63, 3.8) is 0 Å². The van der Waals surface area contributed by atoms with Crippen LogP contribution in [-0.4, -0.2) is 37.7 Å². The number of anilines is 1. The lowest BCUT2D eigenvalue weighted by Crippen LogP contribution is -2.36. The van der Waals surface area contributed by atoms with E-state index in [0.717, 1.165) is 38.0 Å². The predicted octanol–water partition coefficient (Wildman–Crippen LogP) is 2.57. The minimum Gasteiger partial charge on any atom is -0.493 e. The monoisotopic (exact) mass is 293 g/mol. The highest BCUT2D eigenvalue weighted by Gasteiger charge is 2.26. The van der Waals surface area contributed by atoms with Crippen molar-refractivity contribution >= 4 is 11.4 Å². The summed E-state index contributed by atoms with van der Waals surface area (Å²) in [7, 11) is 1.93. The molecule has 0 spiro atoms. The second kappa shape index (κ2) is 7.26. The molecule has 1 aliphatic rings. The molecular weight excluding hydrogens is 270 g/mol. The third kappa shape index (κ3) is 3.85. The molecule has 1 aromatic carbocycles. The smallest absolute Gasteiger partial charge is 0.275 e. The average molecular weight is 293 g/mol. The van der Waals surface area contributed by atoms with Gasteiger partial charge in [0, 0.05) is 37.0 Å². The van der Waals surface area contributed by atoms with E-state index in [4.69, 9.17) is 4.74 Å². The maximum absolute atomic E-state index is 11.1. The first-order valence-electron chi connectivity index (χ1n) is 7.49. The van der Waals surface area contributed by atoms with E-state index in [9.17, 15) is 10.1 Å². The van der Waals surface area contributed by atoms with Crippen LogP contribution in [-0.2, 0) is 0 Å². The highest BCUT2D eigenvalue weighted by Crippen LogP contribution is 2.32. The van der Waals surface area contributed by atoms with Crippen LogP contribution in [0.4, 0.5) is 11.4 Å². The number of ether oxygens (including phenoxy) is 1. The summed E-state index contributed by atoms with van der Waals surface area (Å²) in [6.07, 6.45) is 3.10. The zero-order chi connectivity index (χ0) is 15.2. The van der Waals surface area contributed by atoms with Crippen molar-refractivity contribution in [1.82, 2.24) is 5.32 Å². The van der Waals surface area contributed by atoms with Crippen LogP contribution in [0.1, 0.15) is 26.2 Å². The molecule has 0 aromatic heterocycles. The second-order valence-corrected chi connectivity index (χ2v) is 5.34. The minimum absolute atomic E-state index is 0.0914. The summed E-state index contributed by atoms with van der Waals surface area (Å²) in [6, 6.07) is 5.45. The van der Waals surface area contributed by atoms with Crippen LogP contribution < -0.4 is 15.0 Å². The predicted molar refractivity (Wildman–Crippen MR) is 83.2 cm³/mol. The molecule has 0 aliphatic carbocycles. The number of nitrogens with zero attached hydrogens (tertiary/aromatic N) is 2. The van der Waals surface area contributed by atoms with Crippen molar-refractivity contribution in [3.8, 4) is 5.75 Å². The van der Waals surface area contributed by atoms with Crippen LogP contribution in [0.5, 0.6) is 5.75 Å². The first-order chi connectivity index (χ1) is 10.2. The summed E-state index contributed by atoms with van der Waals surface area (Å²) >= 11 is 0. The Bertz CT molecular complexity index is 493. The van der Waals surface area contributed by atoms with E-state index in [0.29, 0.717) is 18.4 Å². The molecule has 21 heavy (non-hydrogen) atoms. The van der Waals surface area contributed by atoms with Gasteiger partial charge >= 0.3 is 0 Å². The fourth-order valence-electron chi connectivity index (χ4n) is 2.77. The Hall–Kier alpha value is -1.82. The van der Waals surface area contributed by atoms with Crippen LogP contribution in [0.2, 0.25) is 0 Å². The van der Waals surface area contributed by atoms with Gasteiger partial charge in [-0.05, 0) is 26.3 Å². The largest absolute Gasteiger partial charge is 0.493 e. The molecular formula is C15H23N3O3. The van der Waals surface area contributed by atoms with E-state index in [1.54, 1.807) is 6.07 Å². The molecule has 1 heterocycles. The summed E-state index contributed by atoms with van der Waals surface area (Å²) in [5, 5.41) is 14.3. The Kier molecular flexibility index (Phi) is 5.38. The summed E-state index contributed by atoms with van der Waals surface area (Å²) in [5.41, 5.74) is 0.974. The Morgan fingerprint density at radius 2 is 2.29 bits per heavy atom. The number of non-ortho nitro benzene ring substituents is 1. The summed E-state index contributed by atoms with van der Waals surface area (Å²) in [6.45, 7) is 4.40. The van der Waals surface area contributed by atoms with Crippen molar-refractivity contribution in [2.75, 3.05) is 31.6 Å². The molecule has 0 bridgehead atoms. The zero-order valence-electron chi connectivity index (χ0n) is 12.7. The van der Waals surface area contributed by atoms with Crippen molar-refractivity contribution in [2.45, 2.75) is 32.2 Å². The fraction of sp³-hybridized carbons (Fsp3) is 0.600. The number of rotatable bonds is 7. The molecule has 1 aromatic rings. The fourth-order valence-corrected chi connectivity index (χ4v) is 2.77. The Balaban J connectivity index is 2.28. The van der Waals surface area contributed by atoms with Gasteiger partial charge in [-0.3, -0.25) is 10.1 Å². The molecule has 1 aliphatic heterocycles. The van der Waals surface area contributed by atoms with Crippen LogP contribution in [0.15, 0.2) is 18.2 Å². The van der Waals surface area contributed by atoms with E-state index in [1.807, 2.05) is 20.0 Å². The second-order valence-electron chi connectivity index (χ2n) is 5.34. The van der Waals surface area contributed by atoms with Gasteiger partial charge < -0.3 is 15.0 Å². The number of nitro groups is 1. The van der Waals surface area contributed by atoms with Crippen LogP contribution in [0, 0.1) is 10.1 Å².